The lowest BCUT2D eigenvalue weighted by Gasteiger charge is -2.00. The Morgan fingerprint density at radius 3 is 1.88 bits per heavy atom. The fraction of sp³-hybridized carbons (Fsp3) is 1.00. The summed E-state index contributed by atoms with van der Waals surface area (Å²) < 4.78 is -0.367. The van der Waals surface area contributed by atoms with Gasteiger partial charge in [-0.25, -0.2) is 0 Å². The first kappa shape index (κ1) is 6.70. The van der Waals surface area contributed by atoms with Crippen molar-refractivity contribution in [3.05, 3.63) is 0 Å². The van der Waals surface area contributed by atoms with E-state index >= 15 is 0 Å². The molecule has 1 aliphatic rings. The Morgan fingerprint density at radius 2 is 1.88 bits per heavy atom. The number of halogens is 2. The number of hydrogen-bond acceptors (Lipinski definition) is 0. The molecule has 0 aromatic rings. The van der Waals surface area contributed by atoms with E-state index in [2.05, 4.69) is 13.8 Å². The molecule has 0 heterocycles. The lowest BCUT2D eigenvalue weighted by molar-refractivity contribution is 0.558. The van der Waals surface area contributed by atoms with Gasteiger partial charge >= 0.3 is 0 Å². The van der Waals surface area contributed by atoms with Crippen molar-refractivity contribution >= 4 is 23.2 Å². The standard InChI is InChI=1S/C6H10Cl2/c1-4(2)5-3-6(5,7)8/h4-5H,3H2,1-2H3/t5-/m1/s1. The minimum atomic E-state index is -0.367. The fourth-order valence-corrected chi connectivity index (χ4v) is 1.79. The fourth-order valence-electron chi connectivity index (χ4n) is 0.958. The van der Waals surface area contributed by atoms with Crippen molar-refractivity contribution in [3.8, 4) is 0 Å². The predicted molar refractivity (Wildman–Crippen MR) is 37.4 cm³/mol. The van der Waals surface area contributed by atoms with E-state index in [4.69, 9.17) is 23.2 Å². The molecule has 0 nitrogen and oxygen atoms in total. The summed E-state index contributed by atoms with van der Waals surface area (Å²) in [6.07, 6.45) is 0.980. The quantitative estimate of drug-likeness (QED) is 0.508. The van der Waals surface area contributed by atoms with Gasteiger partial charge in [0.15, 0.2) is 0 Å². The normalized spacial score (nSPS) is 33.4. The summed E-state index contributed by atoms with van der Waals surface area (Å²) in [4.78, 5) is 0. The van der Waals surface area contributed by atoms with Crippen LogP contribution in [0.4, 0.5) is 0 Å². The van der Waals surface area contributed by atoms with Gasteiger partial charge in [-0.1, -0.05) is 13.8 Å². The maximum Gasteiger partial charge on any atom is 0.121 e. The number of hydrogen-bond donors (Lipinski definition) is 0. The topological polar surface area (TPSA) is 0 Å². The van der Waals surface area contributed by atoms with E-state index in [9.17, 15) is 0 Å². The van der Waals surface area contributed by atoms with Gasteiger partial charge in [-0.3, -0.25) is 0 Å². The van der Waals surface area contributed by atoms with Crippen LogP contribution >= 0.6 is 23.2 Å². The summed E-state index contributed by atoms with van der Waals surface area (Å²) in [6.45, 7) is 4.30. The van der Waals surface area contributed by atoms with Gasteiger partial charge in [0, 0.05) is 0 Å². The second kappa shape index (κ2) is 1.78. The third-order valence-electron chi connectivity index (χ3n) is 1.68. The van der Waals surface area contributed by atoms with Gasteiger partial charge in [0.1, 0.15) is 4.33 Å². The molecule has 1 saturated carbocycles. The molecule has 0 aromatic heterocycles. The van der Waals surface area contributed by atoms with E-state index in [1.54, 1.807) is 0 Å². The van der Waals surface area contributed by atoms with Gasteiger partial charge in [0.2, 0.25) is 0 Å². The van der Waals surface area contributed by atoms with E-state index in [1.165, 1.54) is 0 Å². The molecule has 0 aliphatic heterocycles. The van der Waals surface area contributed by atoms with E-state index in [0.29, 0.717) is 11.8 Å². The third-order valence-corrected chi connectivity index (χ3v) is 2.55. The Kier molecular flexibility index (Phi) is 1.49. The van der Waals surface area contributed by atoms with E-state index < -0.39 is 0 Å². The van der Waals surface area contributed by atoms with Crippen molar-refractivity contribution in [2.75, 3.05) is 0 Å². The van der Waals surface area contributed by atoms with Crippen molar-refractivity contribution in [3.63, 3.8) is 0 Å². The molecule has 0 aromatic carbocycles. The van der Waals surface area contributed by atoms with Gasteiger partial charge in [-0.2, -0.15) is 0 Å². The Morgan fingerprint density at radius 1 is 1.50 bits per heavy atom. The minimum absolute atomic E-state index is 0.367. The largest absolute Gasteiger partial charge is 0.121 e. The second-order valence-corrected chi connectivity index (χ2v) is 4.36. The van der Waals surface area contributed by atoms with Crippen LogP contribution in [0, 0.1) is 11.8 Å². The van der Waals surface area contributed by atoms with Crippen LogP contribution in [0.25, 0.3) is 0 Å². The zero-order chi connectivity index (χ0) is 6.36. The van der Waals surface area contributed by atoms with Crippen LogP contribution in [0.15, 0.2) is 0 Å². The summed E-state index contributed by atoms with van der Waals surface area (Å²) in [6, 6.07) is 0. The van der Waals surface area contributed by atoms with Gasteiger partial charge in [-0.05, 0) is 18.3 Å². The Bertz CT molecular complexity index is 96.7. The predicted octanol–water partition coefficient (Wildman–Crippen LogP) is 2.84. The second-order valence-electron chi connectivity index (χ2n) is 2.82. The molecule has 1 aliphatic carbocycles. The van der Waals surface area contributed by atoms with Gasteiger partial charge < -0.3 is 0 Å². The zero-order valence-corrected chi connectivity index (χ0v) is 6.63. The Labute approximate surface area is 60.2 Å². The molecule has 0 N–H and O–H groups in total. The van der Waals surface area contributed by atoms with Crippen LogP contribution in [0.5, 0.6) is 0 Å². The van der Waals surface area contributed by atoms with E-state index in [-0.39, 0.29) is 4.33 Å². The third kappa shape index (κ3) is 1.11. The first-order chi connectivity index (χ1) is 3.54. The highest BCUT2D eigenvalue weighted by atomic mass is 35.5. The average Bonchev–Trinajstić information content (AvgIpc) is 2.13. The summed E-state index contributed by atoms with van der Waals surface area (Å²) in [7, 11) is 0. The molecule has 2 heteroatoms. The lowest BCUT2D eigenvalue weighted by Crippen LogP contribution is -1.97. The van der Waals surface area contributed by atoms with Crippen LogP contribution in [0.3, 0.4) is 0 Å². The van der Waals surface area contributed by atoms with Gasteiger partial charge in [0.25, 0.3) is 0 Å². The number of rotatable bonds is 1. The van der Waals surface area contributed by atoms with Crippen LogP contribution < -0.4 is 0 Å². The van der Waals surface area contributed by atoms with Crippen LogP contribution in [0.1, 0.15) is 20.3 Å². The highest BCUT2D eigenvalue weighted by Crippen LogP contribution is 2.56. The van der Waals surface area contributed by atoms with Gasteiger partial charge in [0.05, 0.1) is 0 Å². The zero-order valence-electron chi connectivity index (χ0n) is 5.12. The summed E-state index contributed by atoms with van der Waals surface area (Å²) in [5.41, 5.74) is 0. The Hall–Kier alpha value is 0.580. The molecule has 0 unspecified atom stereocenters. The first-order valence-corrected chi connectivity index (χ1v) is 3.67. The number of alkyl halides is 2. The first-order valence-electron chi connectivity index (χ1n) is 2.92. The van der Waals surface area contributed by atoms with Crippen molar-refractivity contribution in [1.82, 2.24) is 0 Å². The maximum atomic E-state index is 5.77. The van der Waals surface area contributed by atoms with Gasteiger partial charge in [-0.15, -0.1) is 23.2 Å². The molecule has 1 atom stereocenters. The maximum absolute atomic E-state index is 5.77. The molecule has 0 radical (unpaired) electrons. The molecule has 0 amide bonds. The lowest BCUT2D eigenvalue weighted by atomic mass is 10.1. The molecule has 1 rings (SSSR count). The molecule has 0 spiro atoms. The SMILES string of the molecule is CC(C)[C@H]1CC1(Cl)Cl. The molecule has 1 fully saturated rings. The summed E-state index contributed by atoms with van der Waals surface area (Å²) in [5.74, 6) is 1.19. The van der Waals surface area contributed by atoms with Crippen LogP contribution in [-0.4, -0.2) is 4.33 Å². The molecule has 8 heavy (non-hydrogen) atoms. The molecule has 48 valence electrons. The molecule has 0 saturated heterocycles. The molecule has 0 bridgehead atoms. The molecular weight excluding hydrogens is 143 g/mol. The minimum Gasteiger partial charge on any atom is -0.101 e. The summed E-state index contributed by atoms with van der Waals surface area (Å²) >= 11 is 11.5. The Balaban J connectivity index is 2.37. The molecular formula is C6H10Cl2. The van der Waals surface area contributed by atoms with Crippen molar-refractivity contribution in [2.24, 2.45) is 11.8 Å². The highest BCUT2D eigenvalue weighted by Gasteiger charge is 2.52. The van der Waals surface area contributed by atoms with Crippen LogP contribution in [0.2, 0.25) is 0 Å². The monoisotopic (exact) mass is 152 g/mol. The van der Waals surface area contributed by atoms with Crippen molar-refractivity contribution in [1.29, 1.82) is 0 Å². The van der Waals surface area contributed by atoms with Crippen LogP contribution in [-0.2, 0) is 0 Å². The van der Waals surface area contributed by atoms with E-state index in [1.807, 2.05) is 0 Å². The smallest absolute Gasteiger partial charge is 0.101 e. The van der Waals surface area contributed by atoms with Crippen molar-refractivity contribution < 1.29 is 0 Å². The average molecular weight is 153 g/mol. The van der Waals surface area contributed by atoms with E-state index in [0.717, 1.165) is 6.42 Å². The highest BCUT2D eigenvalue weighted by molar-refractivity contribution is 6.50. The van der Waals surface area contributed by atoms with Crippen molar-refractivity contribution in [2.45, 2.75) is 24.6 Å². The summed E-state index contributed by atoms with van der Waals surface area (Å²) in [5, 5.41) is 0.